The highest BCUT2D eigenvalue weighted by Gasteiger charge is 2.36. The summed E-state index contributed by atoms with van der Waals surface area (Å²) in [6.07, 6.45) is 1.94. The number of carbonyl (C=O) groups is 2. The Kier molecular flexibility index (Phi) is 6.68. The van der Waals surface area contributed by atoms with Crippen LogP contribution in [-0.2, 0) is 14.3 Å². The van der Waals surface area contributed by atoms with E-state index < -0.39 is 6.04 Å². The van der Waals surface area contributed by atoms with Gasteiger partial charge in [0.05, 0.1) is 30.8 Å². The molecule has 3 aliphatic heterocycles. The van der Waals surface area contributed by atoms with Crippen LogP contribution in [0.1, 0.15) is 43.4 Å². The van der Waals surface area contributed by atoms with E-state index in [0.717, 1.165) is 18.4 Å². The van der Waals surface area contributed by atoms with Gasteiger partial charge >= 0.3 is 5.97 Å². The molecule has 0 radical (unpaired) electrons. The smallest absolute Gasteiger partial charge is 0.310 e. The van der Waals surface area contributed by atoms with Gasteiger partial charge in [-0.2, -0.15) is 5.10 Å². The molecule has 2 aromatic carbocycles. The van der Waals surface area contributed by atoms with E-state index in [-0.39, 0.29) is 36.9 Å². The van der Waals surface area contributed by atoms with Crippen molar-refractivity contribution in [3.05, 3.63) is 59.4 Å². The van der Waals surface area contributed by atoms with Crippen molar-refractivity contribution in [1.82, 2.24) is 9.91 Å². The van der Waals surface area contributed by atoms with Crippen molar-refractivity contribution >= 4 is 17.6 Å². The molecule has 2 unspecified atom stereocenters. The van der Waals surface area contributed by atoms with Crippen molar-refractivity contribution in [2.24, 2.45) is 11.0 Å². The maximum Gasteiger partial charge on any atom is 0.310 e. The van der Waals surface area contributed by atoms with Gasteiger partial charge in [0.25, 0.3) is 5.91 Å². The summed E-state index contributed by atoms with van der Waals surface area (Å²) in [5.41, 5.74) is 1.73. The highest BCUT2D eigenvalue weighted by Crippen LogP contribution is 2.39. The molecule has 1 fully saturated rings. The highest BCUT2D eigenvalue weighted by molar-refractivity contribution is 6.03. The first-order valence-electron chi connectivity index (χ1n) is 12.0. The first-order valence-corrected chi connectivity index (χ1v) is 12.0. The lowest BCUT2D eigenvalue weighted by Crippen LogP contribution is -2.44. The third-order valence-corrected chi connectivity index (χ3v) is 6.62. The maximum absolute atomic E-state index is 14.6. The zero-order valence-corrected chi connectivity index (χ0v) is 19.6. The Labute approximate surface area is 203 Å². The molecule has 1 amide bonds. The SMILES string of the molecule is CCOC(=O)C1CCCN(CC(=O)N2N=C(c3ccccc3F)CC2c2ccc3c(c2)OCO3)C1. The van der Waals surface area contributed by atoms with Crippen LogP contribution in [0.4, 0.5) is 4.39 Å². The van der Waals surface area contributed by atoms with Crippen LogP contribution in [-0.4, -0.2) is 60.5 Å². The van der Waals surface area contributed by atoms with Gasteiger partial charge in [-0.25, -0.2) is 9.40 Å². The molecule has 9 heteroatoms. The van der Waals surface area contributed by atoms with Gasteiger partial charge in [-0.15, -0.1) is 0 Å². The summed E-state index contributed by atoms with van der Waals surface area (Å²) < 4.78 is 30.7. The quantitative estimate of drug-likeness (QED) is 0.588. The van der Waals surface area contributed by atoms with Crippen molar-refractivity contribution in [1.29, 1.82) is 0 Å². The summed E-state index contributed by atoms with van der Waals surface area (Å²) in [4.78, 5) is 27.7. The Morgan fingerprint density at radius 2 is 2.00 bits per heavy atom. The Morgan fingerprint density at radius 1 is 1.17 bits per heavy atom. The highest BCUT2D eigenvalue weighted by atomic mass is 19.1. The summed E-state index contributed by atoms with van der Waals surface area (Å²) >= 11 is 0. The first-order chi connectivity index (χ1) is 17.0. The number of amides is 1. The number of esters is 1. The molecular weight excluding hydrogens is 453 g/mol. The van der Waals surface area contributed by atoms with Gasteiger partial charge in [0.1, 0.15) is 5.82 Å². The van der Waals surface area contributed by atoms with Crippen molar-refractivity contribution in [2.45, 2.75) is 32.2 Å². The summed E-state index contributed by atoms with van der Waals surface area (Å²) in [6.45, 7) is 3.58. The average molecular weight is 482 g/mol. The first kappa shape index (κ1) is 23.3. The molecule has 35 heavy (non-hydrogen) atoms. The number of benzene rings is 2. The Balaban J connectivity index is 1.38. The van der Waals surface area contributed by atoms with Gasteiger partial charge in [0, 0.05) is 18.5 Å². The molecule has 0 spiro atoms. The van der Waals surface area contributed by atoms with Crippen LogP contribution >= 0.6 is 0 Å². The monoisotopic (exact) mass is 481 g/mol. The number of halogens is 1. The zero-order valence-electron chi connectivity index (χ0n) is 19.6. The van der Waals surface area contributed by atoms with Gasteiger partial charge in [-0.3, -0.25) is 14.5 Å². The molecule has 3 aliphatic rings. The second-order valence-corrected chi connectivity index (χ2v) is 8.92. The maximum atomic E-state index is 14.6. The van der Waals surface area contributed by atoms with Crippen LogP contribution < -0.4 is 9.47 Å². The molecule has 8 nitrogen and oxygen atoms in total. The van der Waals surface area contributed by atoms with Crippen molar-refractivity contribution in [3.63, 3.8) is 0 Å². The lowest BCUT2D eigenvalue weighted by molar-refractivity contribution is -0.150. The van der Waals surface area contributed by atoms with Gasteiger partial charge in [0.15, 0.2) is 11.5 Å². The number of carbonyl (C=O) groups excluding carboxylic acids is 2. The number of nitrogens with zero attached hydrogens (tertiary/aromatic N) is 3. The number of piperidine rings is 1. The van der Waals surface area contributed by atoms with Crippen molar-refractivity contribution in [3.8, 4) is 11.5 Å². The molecule has 1 saturated heterocycles. The molecule has 2 atom stereocenters. The van der Waals surface area contributed by atoms with E-state index in [2.05, 4.69) is 5.10 Å². The summed E-state index contributed by atoms with van der Waals surface area (Å²) in [7, 11) is 0. The number of likely N-dealkylation sites (tertiary alicyclic amines) is 1. The third-order valence-electron chi connectivity index (χ3n) is 6.62. The molecule has 0 N–H and O–H groups in total. The second-order valence-electron chi connectivity index (χ2n) is 8.92. The average Bonchev–Trinajstić information content (AvgIpc) is 3.51. The number of hydrazone groups is 1. The number of rotatable bonds is 6. The van der Waals surface area contributed by atoms with Gasteiger partial charge in [-0.1, -0.05) is 24.3 Å². The topological polar surface area (TPSA) is 80.7 Å². The molecule has 0 aromatic heterocycles. The fourth-order valence-corrected chi connectivity index (χ4v) is 4.89. The molecular formula is C26H28FN3O5. The minimum absolute atomic E-state index is 0.116. The number of ether oxygens (including phenoxy) is 3. The predicted molar refractivity (Wildman–Crippen MR) is 126 cm³/mol. The minimum Gasteiger partial charge on any atom is -0.466 e. The molecule has 0 bridgehead atoms. The van der Waals surface area contributed by atoms with Crippen LogP contribution in [0.3, 0.4) is 0 Å². The Hall–Kier alpha value is -3.46. The van der Waals surface area contributed by atoms with Crippen LogP contribution in [0.5, 0.6) is 11.5 Å². The molecule has 0 aliphatic carbocycles. The van der Waals surface area contributed by atoms with E-state index in [1.807, 2.05) is 23.1 Å². The third kappa shape index (κ3) is 4.86. The van der Waals surface area contributed by atoms with E-state index >= 15 is 0 Å². The van der Waals surface area contributed by atoms with E-state index in [1.165, 1.54) is 11.1 Å². The lowest BCUT2D eigenvalue weighted by Gasteiger charge is -2.32. The molecule has 2 aromatic rings. The normalized spacial score (nSPS) is 21.7. The van der Waals surface area contributed by atoms with E-state index in [4.69, 9.17) is 14.2 Å². The summed E-state index contributed by atoms with van der Waals surface area (Å²) in [5, 5.41) is 6.04. The van der Waals surface area contributed by atoms with E-state index in [0.29, 0.717) is 48.9 Å². The van der Waals surface area contributed by atoms with Gasteiger partial charge < -0.3 is 14.2 Å². The second kappa shape index (κ2) is 10.0. The van der Waals surface area contributed by atoms with Crippen molar-refractivity contribution in [2.75, 3.05) is 33.0 Å². The largest absolute Gasteiger partial charge is 0.466 e. The fourth-order valence-electron chi connectivity index (χ4n) is 4.89. The van der Waals surface area contributed by atoms with E-state index in [1.54, 1.807) is 25.1 Å². The van der Waals surface area contributed by atoms with Crippen LogP contribution in [0.25, 0.3) is 0 Å². The molecule has 5 rings (SSSR count). The van der Waals surface area contributed by atoms with E-state index in [9.17, 15) is 14.0 Å². The Bertz CT molecular complexity index is 1150. The standard InChI is InChI=1S/C26H28FN3O5/c1-2-33-26(32)18-6-5-11-29(14-18)15-25(31)30-22(17-9-10-23-24(12-17)35-16-34-23)13-21(28-30)19-7-3-4-8-20(19)27/h3-4,7-10,12,18,22H,2,5-6,11,13-16H2,1H3. The number of fused-ring (bicyclic) bond motifs is 1. The predicted octanol–water partition coefficient (Wildman–Crippen LogP) is 3.51. The number of hydrogen-bond donors (Lipinski definition) is 0. The summed E-state index contributed by atoms with van der Waals surface area (Å²) in [6, 6.07) is 11.6. The Morgan fingerprint density at radius 3 is 2.83 bits per heavy atom. The summed E-state index contributed by atoms with van der Waals surface area (Å²) in [5.74, 6) is 0.226. The van der Waals surface area contributed by atoms with Crippen LogP contribution in [0, 0.1) is 11.7 Å². The lowest BCUT2D eigenvalue weighted by atomic mass is 9.97. The van der Waals surface area contributed by atoms with Crippen LogP contribution in [0.2, 0.25) is 0 Å². The fraction of sp³-hybridized carbons (Fsp3) is 0.423. The van der Waals surface area contributed by atoms with Crippen molar-refractivity contribution < 1.29 is 28.2 Å². The van der Waals surface area contributed by atoms with Gasteiger partial charge in [-0.05, 0) is 50.1 Å². The minimum atomic E-state index is -0.405. The molecule has 3 heterocycles. The number of hydrogen-bond acceptors (Lipinski definition) is 7. The zero-order chi connectivity index (χ0) is 24.4. The molecule has 184 valence electrons. The van der Waals surface area contributed by atoms with Gasteiger partial charge in [0.2, 0.25) is 6.79 Å². The molecule has 0 saturated carbocycles. The van der Waals surface area contributed by atoms with Crippen LogP contribution in [0.15, 0.2) is 47.6 Å².